The van der Waals surface area contributed by atoms with Crippen LogP contribution in [0.5, 0.6) is 0 Å². The number of amides is 1. The maximum atomic E-state index is 13.0. The highest BCUT2D eigenvalue weighted by molar-refractivity contribution is 9.10. The number of anilines is 11. The lowest BCUT2D eigenvalue weighted by atomic mass is 9.78. The second kappa shape index (κ2) is 52.7. The summed E-state index contributed by atoms with van der Waals surface area (Å²) in [6.45, 7) is 0.859. The first-order valence-electron chi connectivity index (χ1n) is 44.9. The van der Waals surface area contributed by atoms with Crippen molar-refractivity contribution >= 4 is 114 Å². The summed E-state index contributed by atoms with van der Waals surface area (Å²) in [5.41, 5.74) is 24.4. The average molecular weight is 1840 g/mol. The second-order valence-electron chi connectivity index (χ2n) is 34.4. The Bertz CT molecular complexity index is 5650. The minimum absolute atomic E-state index is 0.124. The van der Waals surface area contributed by atoms with E-state index in [0.29, 0.717) is 11.1 Å². The molecule has 133 heavy (non-hydrogen) atoms. The van der Waals surface area contributed by atoms with Crippen LogP contribution >= 0.6 is 15.9 Å². The Morgan fingerprint density at radius 1 is 0.331 bits per heavy atom. The number of azo groups is 1. The van der Waals surface area contributed by atoms with E-state index in [2.05, 4.69) is 275 Å². The summed E-state index contributed by atoms with van der Waals surface area (Å²) in [6.07, 6.45) is 7.65. The molecule has 0 aliphatic heterocycles. The number of nitrogens with one attached hydrogen (secondary N) is 2. The van der Waals surface area contributed by atoms with Crippen LogP contribution in [0.4, 0.5) is 73.9 Å². The topological polar surface area (TPSA) is 153 Å². The number of hydrogen-bond donors (Lipinski definition) is 4. The van der Waals surface area contributed by atoms with Crippen molar-refractivity contribution < 1.29 is 19.8 Å². The molecule has 1 aliphatic carbocycles. The molecule has 0 spiro atoms. The van der Waals surface area contributed by atoms with Gasteiger partial charge in [-0.1, -0.05) is 223 Å². The van der Waals surface area contributed by atoms with Gasteiger partial charge in [0, 0.05) is 206 Å². The highest BCUT2D eigenvalue weighted by Gasteiger charge is 2.42. The van der Waals surface area contributed by atoms with E-state index in [1.54, 1.807) is 36.4 Å². The van der Waals surface area contributed by atoms with Gasteiger partial charge in [-0.3, -0.25) is 9.59 Å². The summed E-state index contributed by atoms with van der Waals surface area (Å²) < 4.78 is 1.04. The molecule has 0 radical (unpaired) electrons. The molecule has 4 N–H and O–H groups in total. The number of aliphatic hydroxyl groups excluding tert-OH is 2. The van der Waals surface area contributed by atoms with Crippen LogP contribution in [0.1, 0.15) is 98.3 Å². The number of hydrogen-bond acceptors (Lipinski definition) is 16. The molecule has 0 heterocycles. The maximum Gasteiger partial charge on any atom is 0.235 e. The third kappa shape index (κ3) is 33.4. The van der Waals surface area contributed by atoms with E-state index in [0.717, 1.165) is 111 Å². The Morgan fingerprint density at radius 3 is 1.01 bits per heavy atom. The number of nitrogens with zero attached hydrogens (tertiary/aromatic N) is 11. The predicted molar refractivity (Wildman–Crippen MR) is 572 cm³/mol. The Balaban J connectivity index is 0.000000175. The summed E-state index contributed by atoms with van der Waals surface area (Å²) in [5.74, 6) is -0.157. The molecule has 1 amide bonds. The minimum Gasteiger partial charge on any atom is -0.384 e. The molecule has 18 heteroatoms. The molecule has 17 nitrogen and oxygen atoms in total. The van der Waals surface area contributed by atoms with Gasteiger partial charge in [-0.05, 0) is 251 Å². The fourth-order valence-corrected chi connectivity index (χ4v) is 14.5. The van der Waals surface area contributed by atoms with Gasteiger partial charge in [-0.25, -0.2) is 0 Å². The SMILES string of the molecule is CN(C)c1ccc(/C=C/c2ccccc2)cc1.CN(C)c1ccc(C(=O)C(O)c2ccccc2)cc1.CN(C)c1ccc(C(O)c2ccc(N(C)C)cc2)cc1.CN(C)c1ccc(CNc2ccccc2)cc1.CN(C)c1ccc(Cc2ccc(N(C)C)cc2)cc1.CN(C)c1ccc(N=Nc2ccc(Br)cc2)cc1.CN(C)c1ccc(NC(=O)C2(c3ccccc3)CCCC2)cc1. The molecule has 1 atom stereocenters. The molecule has 1 aliphatic rings. The van der Waals surface area contributed by atoms with Crippen molar-refractivity contribution in [3.63, 3.8) is 0 Å². The molecule has 690 valence electrons. The number of Topliss-reactive ketones (excluding diaryl/α,β-unsaturated/α-hetero) is 1. The number of ketones is 1. The zero-order chi connectivity index (χ0) is 95.8. The Labute approximate surface area is 800 Å². The van der Waals surface area contributed by atoms with Gasteiger partial charge >= 0.3 is 0 Å². The monoisotopic (exact) mass is 1840 g/mol. The smallest absolute Gasteiger partial charge is 0.235 e. The van der Waals surface area contributed by atoms with Crippen molar-refractivity contribution in [2.24, 2.45) is 10.2 Å². The largest absolute Gasteiger partial charge is 0.384 e. The lowest BCUT2D eigenvalue weighted by Crippen LogP contribution is -2.37. The van der Waals surface area contributed by atoms with E-state index in [1.165, 1.54) is 50.6 Å². The predicted octanol–water partition coefficient (Wildman–Crippen LogP) is 25.4. The van der Waals surface area contributed by atoms with E-state index >= 15 is 0 Å². The lowest BCUT2D eigenvalue weighted by Gasteiger charge is -2.28. The number of aliphatic hydroxyl groups is 2. The van der Waals surface area contributed by atoms with Crippen molar-refractivity contribution in [2.45, 2.75) is 56.3 Å². The van der Waals surface area contributed by atoms with Crippen LogP contribution in [0.15, 0.2) is 379 Å². The molecular formula is C115H134BrN13O4. The first kappa shape index (κ1) is 103. The standard InChI is InChI=1S/C20H24N2O.C17H22N2O.C17H22N2.C16H17NO2.C16H17N.C15H18N2.C14H14BrN3/c1-22(2)18-12-10-17(11-13-18)21-19(23)20(14-6-7-15-20)16-8-4-3-5-9-16;1-18(2)15-9-5-13(6-10-15)17(20)14-7-11-16(12-8-14)19(3)4;1-18(2)16-9-5-14(6-10-16)13-15-7-11-17(12-8-15)19(3)4;1-17(2)14-10-8-13(9-11-14)16(19)15(18)12-6-4-3-5-7-12;1-17(2)16-12-10-15(11-13-16)9-8-14-6-4-3-5-7-14;1-17(2)15-10-8-13(9-11-15)12-16-14-6-4-3-5-7-14;1-18(2)14-9-7-13(8-10-14)17-16-12-5-3-11(15)4-6-12/h3-5,8-13H,6-7,14-15H2,1-2H3,(H,21,23);5-12,17,20H,1-4H3;5-12H,13H2,1-4H3;3-11,15,18H,1-2H3;3-13H,1-2H3;3-11,16H,12H2,1-2H3;3-10H,1-2H3/b;;;;9-8+;;. The lowest BCUT2D eigenvalue weighted by molar-refractivity contribution is -0.121. The molecule has 0 bridgehead atoms. The average Bonchev–Trinajstić information content (AvgIpc) is 1.60. The van der Waals surface area contributed by atoms with E-state index < -0.39 is 12.2 Å². The Kier molecular flexibility index (Phi) is 40.7. The molecule has 1 saturated carbocycles. The zero-order valence-electron chi connectivity index (χ0n) is 80.7. The van der Waals surface area contributed by atoms with Crippen LogP contribution in [0, 0.1) is 0 Å². The Hall–Kier alpha value is -14.0. The molecule has 0 aromatic heterocycles. The fourth-order valence-electron chi connectivity index (χ4n) is 14.3. The van der Waals surface area contributed by atoms with Crippen LogP contribution in [0.25, 0.3) is 12.2 Å². The third-order valence-electron chi connectivity index (χ3n) is 22.5. The quantitative estimate of drug-likeness (QED) is 0.0231. The molecule has 15 rings (SSSR count). The molecule has 1 fully saturated rings. The number of para-hydroxylation sites is 1. The number of carbonyl (C=O) groups excluding carboxylic acids is 2. The molecular weight excluding hydrogens is 1710 g/mol. The van der Waals surface area contributed by atoms with Gasteiger partial charge in [0.25, 0.3) is 0 Å². The van der Waals surface area contributed by atoms with Crippen LogP contribution < -0.4 is 54.7 Å². The van der Waals surface area contributed by atoms with Gasteiger partial charge in [0.15, 0.2) is 5.78 Å². The normalized spacial score (nSPS) is 11.7. The van der Waals surface area contributed by atoms with E-state index in [4.69, 9.17) is 0 Å². The van der Waals surface area contributed by atoms with Crippen LogP contribution in [0.2, 0.25) is 0 Å². The summed E-state index contributed by atoms with van der Waals surface area (Å²) >= 11 is 3.39. The molecule has 0 saturated heterocycles. The van der Waals surface area contributed by atoms with Crippen molar-refractivity contribution in [1.29, 1.82) is 0 Å². The third-order valence-corrected chi connectivity index (χ3v) is 23.1. The molecule has 14 aromatic rings. The van der Waals surface area contributed by atoms with Crippen molar-refractivity contribution in [2.75, 3.05) is 182 Å². The molecule has 14 aromatic carbocycles. The molecule has 1 unspecified atom stereocenters. The Morgan fingerprint density at radius 2 is 0.632 bits per heavy atom. The van der Waals surface area contributed by atoms with Crippen LogP contribution in [-0.2, 0) is 23.2 Å². The van der Waals surface area contributed by atoms with Gasteiger partial charge in [0.05, 0.1) is 16.8 Å². The van der Waals surface area contributed by atoms with Gasteiger partial charge in [-0.2, -0.15) is 10.2 Å². The second-order valence-corrected chi connectivity index (χ2v) is 35.4. The highest BCUT2D eigenvalue weighted by Crippen LogP contribution is 2.42. The summed E-state index contributed by atoms with van der Waals surface area (Å²) in [6, 6.07) is 121. The summed E-state index contributed by atoms with van der Waals surface area (Å²) in [5, 5.41) is 35.4. The van der Waals surface area contributed by atoms with Gasteiger partial charge in [0.1, 0.15) is 12.2 Å². The van der Waals surface area contributed by atoms with Crippen LogP contribution in [-0.4, -0.2) is 149 Å². The van der Waals surface area contributed by atoms with Gasteiger partial charge in [-0.15, -0.1) is 0 Å². The van der Waals surface area contributed by atoms with Gasteiger partial charge < -0.3 is 64.9 Å². The number of halogens is 1. The highest BCUT2D eigenvalue weighted by atomic mass is 79.9. The summed E-state index contributed by atoms with van der Waals surface area (Å²) in [7, 11) is 36.4. The first-order chi connectivity index (χ1) is 63.9. The van der Waals surface area contributed by atoms with Crippen molar-refractivity contribution in [3.05, 3.63) is 424 Å². The van der Waals surface area contributed by atoms with Crippen molar-refractivity contribution in [3.8, 4) is 0 Å². The number of rotatable bonds is 26. The number of carbonyl (C=O) groups is 2. The van der Waals surface area contributed by atoms with Crippen LogP contribution in [0.3, 0.4) is 0 Å². The fraction of sp³-hybridized carbons (Fsp3) is 0.235. The minimum atomic E-state index is -1.11. The van der Waals surface area contributed by atoms with E-state index in [9.17, 15) is 19.8 Å². The van der Waals surface area contributed by atoms with Crippen molar-refractivity contribution in [1.82, 2.24) is 0 Å². The van der Waals surface area contributed by atoms with E-state index in [1.807, 2.05) is 272 Å². The first-order valence-corrected chi connectivity index (χ1v) is 45.7. The number of benzene rings is 14. The summed E-state index contributed by atoms with van der Waals surface area (Å²) in [4.78, 5) is 43.8. The van der Waals surface area contributed by atoms with E-state index in [-0.39, 0.29) is 17.1 Å². The maximum absolute atomic E-state index is 13.0. The zero-order valence-corrected chi connectivity index (χ0v) is 82.3. The van der Waals surface area contributed by atoms with Gasteiger partial charge in [0.2, 0.25) is 5.91 Å².